The largest absolute Gasteiger partial charge is 0.397 e. The number of nitrogens with one attached hydrogen (secondary N) is 1. The maximum Gasteiger partial charge on any atom is 0.225 e. The molecule has 1 aliphatic heterocycles. The van der Waals surface area contributed by atoms with Gasteiger partial charge >= 0.3 is 0 Å². The van der Waals surface area contributed by atoms with Crippen LogP contribution in [0.2, 0.25) is 5.02 Å². The maximum absolute atomic E-state index is 12.7. The van der Waals surface area contributed by atoms with Gasteiger partial charge in [0, 0.05) is 22.9 Å². The zero-order valence-corrected chi connectivity index (χ0v) is 15.3. The zero-order chi connectivity index (χ0) is 17.6. The number of benzene rings is 1. The van der Waals surface area contributed by atoms with Crippen LogP contribution in [0.1, 0.15) is 38.0 Å². The third-order valence-electron chi connectivity index (χ3n) is 4.21. The number of amides is 1. The van der Waals surface area contributed by atoms with Crippen molar-refractivity contribution in [1.82, 2.24) is 0 Å². The van der Waals surface area contributed by atoms with Crippen molar-refractivity contribution < 1.29 is 9.59 Å². The summed E-state index contributed by atoms with van der Waals surface area (Å²) < 4.78 is 0. The molecule has 4 rings (SSSR count). The van der Waals surface area contributed by atoms with Gasteiger partial charge in [0.2, 0.25) is 11.7 Å². The van der Waals surface area contributed by atoms with Crippen LogP contribution in [0, 0.1) is 0 Å². The number of halogens is 1. The topological polar surface area (TPSA) is 72.2 Å². The zero-order valence-electron chi connectivity index (χ0n) is 12.9. The highest BCUT2D eigenvalue weighted by Gasteiger charge is 2.34. The van der Waals surface area contributed by atoms with Crippen molar-refractivity contribution in [2.75, 3.05) is 11.1 Å². The molecule has 3 heterocycles. The third-order valence-corrected chi connectivity index (χ3v) is 6.55. The van der Waals surface area contributed by atoms with Crippen molar-refractivity contribution in [3.63, 3.8) is 0 Å². The van der Waals surface area contributed by atoms with Gasteiger partial charge in [-0.25, -0.2) is 0 Å². The molecule has 4 nitrogen and oxygen atoms in total. The Morgan fingerprint density at radius 3 is 2.76 bits per heavy atom. The van der Waals surface area contributed by atoms with Gasteiger partial charge < -0.3 is 11.1 Å². The summed E-state index contributed by atoms with van der Waals surface area (Å²) in [5.41, 5.74) is 8.42. The summed E-state index contributed by atoms with van der Waals surface area (Å²) in [5.74, 6) is -0.466. The van der Waals surface area contributed by atoms with Crippen molar-refractivity contribution in [3.8, 4) is 0 Å². The average molecular weight is 389 g/mol. The highest BCUT2D eigenvalue weighted by atomic mass is 35.5. The molecule has 1 aliphatic rings. The third kappa shape index (κ3) is 2.76. The summed E-state index contributed by atoms with van der Waals surface area (Å²) in [6.45, 7) is 0. The molecule has 3 aromatic rings. The Labute approximate surface area is 157 Å². The van der Waals surface area contributed by atoms with Crippen LogP contribution in [0.25, 0.3) is 0 Å². The number of hydrogen-bond acceptors (Lipinski definition) is 5. The highest BCUT2D eigenvalue weighted by Crippen LogP contribution is 2.48. The fourth-order valence-corrected chi connectivity index (χ4v) is 5.23. The van der Waals surface area contributed by atoms with E-state index in [4.69, 9.17) is 17.3 Å². The van der Waals surface area contributed by atoms with Crippen molar-refractivity contribution in [2.45, 2.75) is 12.3 Å². The Morgan fingerprint density at radius 2 is 2.04 bits per heavy atom. The number of carbonyl (C=O) groups is 2. The van der Waals surface area contributed by atoms with Crippen LogP contribution in [-0.2, 0) is 4.79 Å². The number of nitrogens with two attached hydrogens (primary N) is 1. The van der Waals surface area contributed by atoms with E-state index in [0.29, 0.717) is 25.5 Å². The molecule has 0 saturated heterocycles. The molecule has 0 unspecified atom stereocenters. The number of fused-ring (bicyclic) bond motifs is 1. The van der Waals surface area contributed by atoms with E-state index < -0.39 is 0 Å². The van der Waals surface area contributed by atoms with Crippen molar-refractivity contribution in [2.24, 2.45) is 0 Å². The molecule has 0 bridgehead atoms. The summed E-state index contributed by atoms with van der Waals surface area (Å²) >= 11 is 8.95. The Hall–Kier alpha value is -2.15. The van der Waals surface area contributed by atoms with E-state index in [2.05, 4.69) is 5.32 Å². The first kappa shape index (κ1) is 16.3. The number of carbonyl (C=O) groups excluding carboxylic acids is 2. The van der Waals surface area contributed by atoms with E-state index in [1.165, 1.54) is 22.7 Å². The summed E-state index contributed by atoms with van der Waals surface area (Å²) in [4.78, 5) is 26.0. The van der Waals surface area contributed by atoms with E-state index in [-0.39, 0.29) is 24.0 Å². The lowest BCUT2D eigenvalue weighted by Gasteiger charge is -2.24. The van der Waals surface area contributed by atoms with E-state index in [1.807, 2.05) is 29.6 Å². The Morgan fingerprint density at radius 1 is 1.24 bits per heavy atom. The van der Waals surface area contributed by atoms with Crippen LogP contribution >= 0.6 is 34.3 Å². The lowest BCUT2D eigenvalue weighted by Crippen LogP contribution is -2.23. The molecule has 126 valence electrons. The first-order valence-electron chi connectivity index (χ1n) is 7.61. The van der Waals surface area contributed by atoms with Gasteiger partial charge in [0.05, 0.1) is 10.6 Å². The van der Waals surface area contributed by atoms with Crippen LogP contribution in [0.3, 0.4) is 0 Å². The molecule has 7 heteroatoms. The number of rotatable bonds is 3. The van der Waals surface area contributed by atoms with E-state index in [9.17, 15) is 9.59 Å². The van der Waals surface area contributed by atoms with Gasteiger partial charge in [0.1, 0.15) is 9.88 Å². The fraction of sp³-hybridized carbons (Fsp3) is 0.111. The predicted molar refractivity (Wildman–Crippen MR) is 103 cm³/mol. The second kappa shape index (κ2) is 6.29. The lowest BCUT2D eigenvalue weighted by molar-refractivity contribution is -0.116. The van der Waals surface area contributed by atoms with Crippen LogP contribution < -0.4 is 11.1 Å². The van der Waals surface area contributed by atoms with Gasteiger partial charge in [-0.2, -0.15) is 0 Å². The van der Waals surface area contributed by atoms with Crippen LogP contribution in [0.15, 0.2) is 41.8 Å². The quantitative estimate of drug-likeness (QED) is 0.636. The van der Waals surface area contributed by atoms with Gasteiger partial charge in [0.25, 0.3) is 0 Å². The molecule has 0 radical (unpaired) electrons. The SMILES string of the molecule is Nc1c(C(=O)c2cccs2)sc2c1[C@@H](c1ccccc1Cl)CC(=O)N2. The average Bonchev–Trinajstić information content (AvgIpc) is 3.23. The van der Waals surface area contributed by atoms with E-state index >= 15 is 0 Å². The number of anilines is 2. The second-order valence-corrected chi connectivity index (χ2v) is 8.10. The Kier molecular flexibility index (Phi) is 4.11. The van der Waals surface area contributed by atoms with E-state index in [0.717, 1.165) is 11.1 Å². The molecule has 0 saturated carbocycles. The first-order valence-corrected chi connectivity index (χ1v) is 9.68. The first-order chi connectivity index (χ1) is 12.1. The van der Waals surface area contributed by atoms with Crippen molar-refractivity contribution in [1.29, 1.82) is 0 Å². The maximum atomic E-state index is 12.7. The molecular weight excluding hydrogens is 376 g/mol. The summed E-state index contributed by atoms with van der Waals surface area (Å²) in [6.07, 6.45) is 0.254. The standard InChI is InChI=1S/C18H13ClN2O2S2/c19-11-5-2-1-4-9(11)10-8-13(22)21-18-14(10)15(20)17(25-18)16(23)12-6-3-7-24-12/h1-7,10H,8,20H2,(H,21,22)/t10-/m1/s1. The Balaban J connectivity index is 1.85. The number of hydrogen-bond donors (Lipinski definition) is 2. The van der Waals surface area contributed by atoms with Crippen LogP contribution in [0.5, 0.6) is 0 Å². The Bertz CT molecular complexity index is 979. The monoisotopic (exact) mass is 388 g/mol. The smallest absolute Gasteiger partial charge is 0.225 e. The van der Waals surface area contributed by atoms with Gasteiger partial charge in [-0.05, 0) is 23.1 Å². The molecule has 1 amide bonds. The summed E-state index contributed by atoms with van der Waals surface area (Å²) in [5, 5.41) is 5.93. The molecular formula is C18H13ClN2O2S2. The summed E-state index contributed by atoms with van der Waals surface area (Å²) in [6, 6.07) is 11.0. The molecule has 3 N–H and O–H groups in total. The minimum Gasteiger partial charge on any atom is -0.397 e. The molecule has 1 aromatic carbocycles. The fourth-order valence-electron chi connectivity index (χ4n) is 3.07. The number of thiophene rings is 2. The molecule has 2 aromatic heterocycles. The molecule has 25 heavy (non-hydrogen) atoms. The van der Waals surface area contributed by atoms with Gasteiger partial charge in [-0.3, -0.25) is 9.59 Å². The van der Waals surface area contributed by atoms with Gasteiger partial charge in [-0.1, -0.05) is 35.9 Å². The predicted octanol–water partition coefficient (Wildman–Crippen LogP) is 4.75. The minimum absolute atomic E-state index is 0.103. The second-order valence-electron chi connectivity index (χ2n) is 5.72. The van der Waals surface area contributed by atoms with Gasteiger partial charge in [0.15, 0.2) is 0 Å². The minimum atomic E-state index is -0.251. The molecule has 0 spiro atoms. The van der Waals surface area contributed by atoms with Crippen LogP contribution in [-0.4, -0.2) is 11.7 Å². The molecule has 1 atom stereocenters. The normalized spacial score (nSPS) is 16.4. The van der Waals surface area contributed by atoms with Gasteiger partial charge in [-0.15, -0.1) is 22.7 Å². The van der Waals surface area contributed by atoms with E-state index in [1.54, 1.807) is 12.1 Å². The highest BCUT2D eigenvalue weighted by molar-refractivity contribution is 7.20. The van der Waals surface area contributed by atoms with Crippen LogP contribution in [0.4, 0.5) is 10.7 Å². The van der Waals surface area contributed by atoms with Crippen molar-refractivity contribution in [3.05, 3.63) is 67.7 Å². The molecule has 0 fully saturated rings. The number of nitrogen functional groups attached to an aromatic ring is 1. The number of ketones is 1. The van der Waals surface area contributed by atoms with Crippen molar-refractivity contribution >= 4 is 56.7 Å². The lowest BCUT2D eigenvalue weighted by atomic mass is 9.86. The summed E-state index contributed by atoms with van der Waals surface area (Å²) in [7, 11) is 0. The molecule has 0 aliphatic carbocycles.